The Hall–Kier alpha value is -2.09. The Morgan fingerprint density at radius 2 is 2.04 bits per heavy atom. The summed E-state index contributed by atoms with van der Waals surface area (Å²) in [4.78, 5) is 23.4. The molecular weight excluding hydrogens is 342 g/mol. The van der Waals surface area contributed by atoms with Crippen molar-refractivity contribution in [1.29, 1.82) is 0 Å². The molecule has 0 saturated carbocycles. The Morgan fingerprint density at radius 3 is 2.72 bits per heavy atom. The van der Waals surface area contributed by atoms with Crippen molar-refractivity contribution >= 4 is 23.7 Å². The summed E-state index contributed by atoms with van der Waals surface area (Å²) in [5.74, 6) is 1.65. The quantitative estimate of drug-likeness (QED) is 0.648. The maximum Gasteiger partial charge on any atom is 0.315 e. The van der Waals surface area contributed by atoms with Gasteiger partial charge in [-0.05, 0) is 37.5 Å². The van der Waals surface area contributed by atoms with Gasteiger partial charge in [-0.25, -0.2) is 4.79 Å². The first-order valence-electron chi connectivity index (χ1n) is 8.18. The molecule has 1 aromatic rings. The van der Waals surface area contributed by atoms with Gasteiger partial charge in [0.25, 0.3) is 0 Å². The molecule has 8 heteroatoms. The lowest BCUT2D eigenvalue weighted by molar-refractivity contribution is -0.118. The van der Waals surface area contributed by atoms with E-state index in [1.807, 2.05) is 25.1 Å². The lowest BCUT2D eigenvalue weighted by Crippen LogP contribution is -2.52. The predicted octanol–water partition coefficient (Wildman–Crippen LogP) is 1.51. The molecule has 2 atom stereocenters. The van der Waals surface area contributed by atoms with Gasteiger partial charge in [-0.15, -0.1) is 11.8 Å². The third-order valence-corrected chi connectivity index (χ3v) is 4.98. The molecule has 2 unspecified atom stereocenters. The molecule has 0 aliphatic carbocycles. The van der Waals surface area contributed by atoms with Gasteiger partial charge in [-0.1, -0.05) is 6.07 Å². The van der Waals surface area contributed by atoms with Crippen LogP contribution in [-0.2, 0) is 11.2 Å². The number of methoxy groups -OCH3 is 2. The molecule has 0 aromatic heterocycles. The van der Waals surface area contributed by atoms with Crippen LogP contribution in [0.2, 0.25) is 0 Å². The molecule has 138 valence electrons. The lowest BCUT2D eigenvalue weighted by atomic mass is 10.1. The van der Waals surface area contributed by atoms with Crippen LogP contribution in [0, 0.1) is 0 Å². The van der Waals surface area contributed by atoms with E-state index in [1.54, 1.807) is 14.2 Å². The van der Waals surface area contributed by atoms with Crippen LogP contribution in [0.25, 0.3) is 0 Å². The maximum atomic E-state index is 12.0. The van der Waals surface area contributed by atoms with E-state index in [-0.39, 0.29) is 23.4 Å². The molecule has 0 radical (unpaired) electrons. The molecule has 1 saturated heterocycles. The SMILES string of the molecule is COc1ccc(CCNC(=O)CSC2CC(C)NC(=O)N2)cc1OC. The summed E-state index contributed by atoms with van der Waals surface area (Å²) in [6.45, 7) is 2.50. The third-order valence-electron chi connectivity index (χ3n) is 3.84. The number of thioether (sulfide) groups is 1. The van der Waals surface area contributed by atoms with E-state index in [1.165, 1.54) is 11.8 Å². The van der Waals surface area contributed by atoms with Gasteiger partial charge < -0.3 is 25.4 Å². The summed E-state index contributed by atoms with van der Waals surface area (Å²) in [5.41, 5.74) is 1.06. The van der Waals surface area contributed by atoms with Crippen LogP contribution >= 0.6 is 11.8 Å². The van der Waals surface area contributed by atoms with E-state index in [0.29, 0.717) is 30.2 Å². The van der Waals surface area contributed by atoms with Crippen LogP contribution in [0.15, 0.2) is 18.2 Å². The molecule has 25 heavy (non-hydrogen) atoms. The Labute approximate surface area is 152 Å². The Balaban J connectivity index is 1.71. The molecule has 2 rings (SSSR count). The van der Waals surface area contributed by atoms with E-state index in [4.69, 9.17) is 9.47 Å². The number of urea groups is 1. The van der Waals surface area contributed by atoms with Gasteiger partial charge in [0.2, 0.25) is 5.91 Å². The summed E-state index contributed by atoms with van der Waals surface area (Å²) in [6.07, 6.45) is 1.51. The summed E-state index contributed by atoms with van der Waals surface area (Å²) >= 11 is 1.45. The molecule has 0 spiro atoms. The van der Waals surface area contributed by atoms with Crippen molar-refractivity contribution in [2.45, 2.75) is 31.2 Å². The summed E-state index contributed by atoms with van der Waals surface area (Å²) in [6, 6.07) is 5.66. The monoisotopic (exact) mass is 367 g/mol. The Morgan fingerprint density at radius 1 is 1.28 bits per heavy atom. The number of nitrogens with one attached hydrogen (secondary N) is 3. The van der Waals surface area contributed by atoms with E-state index in [0.717, 1.165) is 12.0 Å². The van der Waals surface area contributed by atoms with Gasteiger partial charge in [0, 0.05) is 12.6 Å². The summed E-state index contributed by atoms with van der Waals surface area (Å²) in [7, 11) is 3.20. The third kappa shape index (κ3) is 6.04. The summed E-state index contributed by atoms with van der Waals surface area (Å²) < 4.78 is 10.5. The Bertz CT molecular complexity index is 612. The number of ether oxygens (including phenoxy) is 2. The van der Waals surface area contributed by atoms with E-state index in [9.17, 15) is 9.59 Å². The van der Waals surface area contributed by atoms with Crippen molar-refractivity contribution in [2.24, 2.45) is 0 Å². The second-order valence-corrected chi connectivity index (χ2v) is 7.03. The van der Waals surface area contributed by atoms with Crippen LogP contribution in [0.4, 0.5) is 4.79 Å². The fourth-order valence-corrected chi connectivity index (χ4v) is 3.64. The number of hydrogen-bond donors (Lipinski definition) is 3. The average molecular weight is 367 g/mol. The molecule has 3 N–H and O–H groups in total. The highest BCUT2D eigenvalue weighted by molar-refractivity contribution is 8.00. The van der Waals surface area contributed by atoms with Crippen LogP contribution in [-0.4, -0.2) is 49.9 Å². The number of rotatable bonds is 8. The van der Waals surface area contributed by atoms with Gasteiger partial charge >= 0.3 is 6.03 Å². The fraction of sp³-hybridized carbons (Fsp3) is 0.529. The number of carbonyl (C=O) groups excluding carboxylic acids is 2. The number of benzene rings is 1. The smallest absolute Gasteiger partial charge is 0.315 e. The lowest BCUT2D eigenvalue weighted by Gasteiger charge is -2.28. The maximum absolute atomic E-state index is 12.0. The second kappa shape index (κ2) is 9.41. The summed E-state index contributed by atoms with van der Waals surface area (Å²) in [5, 5.41) is 8.47. The molecule has 0 bridgehead atoms. The largest absolute Gasteiger partial charge is 0.493 e. The molecule has 1 aromatic carbocycles. The second-order valence-electron chi connectivity index (χ2n) is 5.84. The van der Waals surface area contributed by atoms with Crippen molar-refractivity contribution < 1.29 is 19.1 Å². The van der Waals surface area contributed by atoms with Gasteiger partial charge in [0.15, 0.2) is 11.5 Å². The fourth-order valence-electron chi connectivity index (χ4n) is 2.57. The predicted molar refractivity (Wildman–Crippen MR) is 98.3 cm³/mol. The van der Waals surface area contributed by atoms with Crippen LogP contribution in [0.5, 0.6) is 11.5 Å². The highest BCUT2D eigenvalue weighted by Gasteiger charge is 2.23. The highest BCUT2D eigenvalue weighted by atomic mass is 32.2. The van der Waals surface area contributed by atoms with Crippen molar-refractivity contribution in [1.82, 2.24) is 16.0 Å². The first kappa shape index (κ1) is 19.2. The first-order chi connectivity index (χ1) is 12.0. The zero-order valence-electron chi connectivity index (χ0n) is 14.8. The molecule has 1 aliphatic heterocycles. The molecule has 1 heterocycles. The molecular formula is C17H25N3O4S. The molecule has 3 amide bonds. The highest BCUT2D eigenvalue weighted by Crippen LogP contribution is 2.27. The number of hydrogen-bond acceptors (Lipinski definition) is 5. The van der Waals surface area contributed by atoms with Crippen molar-refractivity contribution in [2.75, 3.05) is 26.5 Å². The van der Waals surface area contributed by atoms with Gasteiger partial charge in [-0.2, -0.15) is 0 Å². The van der Waals surface area contributed by atoms with E-state index in [2.05, 4.69) is 16.0 Å². The van der Waals surface area contributed by atoms with Crippen molar-refractivity contribution in [3.05, 3.63) is 23.8 Å². The van der Waals surface area contributed by atoms with Gasteiger partial charge in [0.1, 0.15) is 0 Å². The van der Waals surface area contributed by atoms with Crippen LogP contribution in [0.1, 0.15) is 18.9 Å². The minimum Gasteiger partial charge on any atom is -0.493 e. The first-order valence-corrected chi connectivity index (χ1v) is 9.23. The topological polar surface area (TPSA) is 88.7 Å². The molecule has 1 aliphatic rings. The molecule has 7 nitrogen and oxygen atoms in total. The average Bonchev–Trinajstić information content (AvgIpc) is 2.59. The van der Waals surface area contributed by atoms with Gasteiger partial charge in [0.05, 0.1) is 25.3 Å². The zero-order valence-corrected chi connectivity index (χ0v) is 15.6. The van der Waals surface area contributed by atoms with E-state index >= 15 is 0 Å². The number of carbonyl (C=O) groups is 2. The number of amides is 3. The van der Waals surface area contributed by atoms with Crippen molar-refractivity contribution in [3.8, 4) is 11.5 Å². The molecule has 1 fully saturated rings. The standard InChI is InChI=1S/C17H25N3O4S/c1-11-8-16(20-17(22)19-11)25-10-15(21)18-7-6-12-4-5-13(23-2)14(9-12)24-3/h4-5,9,11,16H,6-8,10H2,1-3H3,(H,18,21)(H2,19,20,22). The van der Waals surface area contributed by atoms with Crippen LogP contribution < -0.4 is 25.4 Å². The minimum atomic E-state index is -0.176. The zero-order chi connectivity index (χ0) is 18.2. The van der Waals surface area contributed by atoms with Crippen LogP contribution in [0.3, 0.4) is 0 Å². The van der Waals surface area contributed by atoms with Gasteiger partial charge in [-0.3, -0.25) is 4.79 Å². The normalized spacial score (nSPS) is 19.6. The van der Waals surface area contributed by atoms with Crippen molar-refractivity contribution in [3.63, 3.8) is 0 Å². The minimum absolute atomic E-state index is 0.0275. The van der Waals surface area contributed by atoms with E-state index < -0.39 is 0 Å². The Kier molecular flexibility index (Phi) is 7.24.